The number of nitrogens with one attached hydrogen (secondary N) is 1. The number of carbonyl (C=O) groups is 1. The van der Waals surface area contributed by atoms with E-state index in [2.05, 4.69) is 10.3 Å². The zero-order chi connectivity index (χ0) is 20.4. The van der Waals surface area contributed by atoms with E-state index in [0.29, 0.717) is 10.0 Å². The molecule has 1 unspecified atom stereocenters. The van der Waals surface area contributed by atoms with Gasteiger partial charge in [0, 0.05) is 10.6 Å². The first kappa shape index (κ1) is 19.7. The van der Waals surface area contributed by atoms with E-state index < -0.39 is 11.4 Å². The van der Waals surface area contributed by atoms with Gasteiger partial charge < -0.3 is 11.1 Å². The van der Waals surface area contributed by atoms with Crippen LogP contribution in [0.15, 0.2) is 65.7 Å². The molecule has 3 aromatic rings. The maximum Gasteiger partial charge on any atom is 0.265 e. The summed E-state index contributed by atoms with van der Waals surface area (Å²) in [5.41, 5.74) is 7.39. The summed E-state index contributed by atoms with van der Waals surface area (Å²) < 4.78 is 14.4. The molecule has 1 aliphatic heterocycles. The number of amides is 1. The molecule has 0 spiro atoms. The van der Waals surface area contributed by atoms with Crippen LogP contribution in [-0.2, 0) is 5.54 Å². The molecule has 7 heteroatoms. The van der Waals surface area contributed by atoms with Gasteiger partial charge in [-0.25, -0.2) is 4.39 Å². The van der Waals surface area contributed by atoms with Gasteiger partial charge in [0.05, 0.1) is 16.1 Å². The van der Waals surface area contributed by atoms with E-state index in [-0.39, 0.29) is 11.6 Å². The summed E-state index contributed by atoms with van der Waals surface area (Å²) in [6, 6.07) is 18.2. The number of thioether (sulfide) groups is 1. The quantitative estimate of drug-likeness (QED) is 0.582. The summed E-state index contributed by atoms with van der Waals surface area (Å²) in [6.45, 7) is 1.98. The lowest BCUT2D eigenvalue weighted by atomic mass is 9.89. The Morgan fingerprint density at radius 1 is 1.17 bits per heavy atom. The summed E-state index contributed by atoms with van der Waals surface area (Å²) in [7, 11) is 0. The predicted molar refractivity (Wildman–Crippen MR) is 120 cm³/mol. The van der Waals surface area contributed by atoms with Crippen LogP contribution >= 0.6 is 23.1 Å². The summed E-state index contributed by atoms with van der Waals surface area (Å²) >= 11 is 2.89. The SMILES string of the molecule is CC1(c2ccc(F)c(NC(=O)c3ccc(-c4ccccc4)s3)c2)CCSC(N)=N1. The predicted octanol–water partition coefficient (Wildman–Crippen LogP) is 5.47. The van der Waals surface area contributed by atoms with Crippen LogP contribution in [-0.4, -0.2) is 16.8 Å². The summed E-state index contributed by atoms with van der Waals surface area (Å²) in [6.07, 6.45) is 0.794. The van der Waals surface area contributed by atoms with Crippen LogP contribution in [0.4, 0.5) is 10.1 Å². The Hall–Kier alpha value is -2.64. The second-order valence-corrected chi connectivity index (χ2v) is 9.20. The first-order valence-corrected chi connectivity index (χ1v) is 11.0. The van der Waals surface area contributed by atoms with Crippen LogP contribution < -0.4 is 11.1 Å². The Morgan fingerprint density at radius 2 is 1.97 bits per heavy atom. The monoisotopic (exact) mass is 425 g/mol. The van der Waals surface area contributed by atoms with Crippen LogP contribution in [0.3, 0.4) is 0 Å². The number of anilines is 1. The fraction of sp³-hybridized carbons (Fsp3) is 0.182. The molecule has 1 atom stereocenters. The molecule has 0 bridgehead atoms. The highest BCUT2D eigenvalue weighted by atomic mass is 32.2. The molecule has 3 N–H and O–H groups in total. The number of carbonyl (C=O) groups excluding carboxylic acids is 1. The maximum atomic E-state index is 14.4. The minimum absolute atomic E-state index is 0.149. The van der Waals surface area contributed by atoms with Crippen molar-refractivity contribution in [1.82, 2.24) is 0 Å². The Morgan fingerprint density at radius 3 is 2.72 bits per heavy atom. The zero-order valence-electron chi connectivity index (χ0n) is 15.8. The second-order valence-electron chi connectivity index (χ2n) is 7.00. The summed E-state index contributed by atoms with van der Waals surface area (Å²) in [5.74, 6) is 0.0378. The molecule has 148 valence electrons. The number of thiophene rings is 1. The Balaban J connectivity index is 1.57. The van der Waals surface area contributed by atoms with Crippen LogP contribution in [0.1, 0.15) is 28.6 Å². The summed E-state index contributed by atoms with van der Waals surface area (Å²) in [5, 5.41) is 3.24. The molecule has 1 aliphatic rings. The number of nitrogens with two attached hydrogens (primary N) is 1. The van der Waals surface area contributed by atoms with Crippen molar-refractivity contribution >= 4 is 39.9 Å². The van der Waals surface area contributed by atoms with Crippen LogP contribution in [0, 0.1) is 5.82 Å². The number of benzene rings is 2. The van der Waals surface area contributed by atoms with Gasteiger partial charge in [-0.05, 0) is 48.7 Å². The molecule has 1 aromatic heterocycles. The molecule has 2 aromatic carbocycles. The molecule has 2 heterocycles. The molecule has 29 heavy (non-hydrogen) atoms. The van der Waals surface area contributed by atoms with Gasteiger partial charge in [0.25, 0.3) is 5.91 Å². The molecule has 0 fully saturated rings. The van der Waals surface area contributed by atoms with E-state index in [1.807, 2.05) is 43.3 Å². The van der Waals surface area contributed by atoms with E-state index in [0.717, 1.165) is 28.2 Å². The van der Waals surface area contributed by atoms with Crippen molar-refractivity contribution < 1.29 is 9.18 Å². The van der Waals surface area contributed by atoms with Gasteiger partial charge in [0.1, 0.15) is 5.82 Å². The third-order valence-corrected chi connectivity index (χ3v) is 6.85. The van der Waals surface area contributed by atoms with E-state index in [4.69, 9.17) is 5.73 Å². The normalized spacial score (nSPS) is 18.9. The van der Waals surface area contributed by atoms with Crippen LogP contribution in [0.25, 0.3) is 10.4 Å². The molecule has 0 radical (unpaired) electrons. The van der Waals surface area contributed by atoms with Crippen molar-refractivity contribution in [2.24, 2.45) is 10.7 Å². The molecule has 4 rings (SSSR count). The Bertz CT molecular complexity index is 1080. The smallest absolute Gasteiger partial charge is 0.265 e. The molecular weight excluding hydrogens is 405 g/mol. The fourth-order valence-corrected chi connectivity index (χ4v) is 5.13. The number of amidine groups is 1. The fourth-order valence-electron chi connectivity index (χ4n) is 3.25. The van der Waals surface area contributed by atoms with Gasteiger partial charge in [-0.15, -0.1) is 11.3 Å². The number of hydrogen-bond donors (Lipinski definition) is 2. The number of aliphatic imine (C=N–C) groups is 1. The van der Waals surface area contributed by atoms with Gasteiger partial charge in [0.2, 0.25) is 0 Å². The van der Waals surface area contributed by atoms with Gasteiger partial charge >= 0.3 is 0 Å². The topological polar surface area (TPSA) is 67.5 Å². The largest absolute Gasteiger partial charge is 0.379 e. The second kappa shape index (κ2) is 8.00. The van der Waals surface area contributed by atoms with E-state index in [1.54, 1.807) is 18.2 Å². The third kappa shape index (κ3) is 4.21. The van der Waals surface area contributed by atoms with E-state index in [9.17, 15) is 9.18 Å². The molecule has 0 aliphatic carbocycles. The molecule has 4 nitrogen and oxygen atoms in total. The maximum absolute atomic E-state index is 14.4. The average Bonchev–Trinajstić information content (AvgIpc) is 3.20. The average molecular weight is 426 g/mol. The van der Waals surface area contributed by atoms with Gasteiger partial charge in [-0.3, -0.25) is 9.79 Å². The number of rotatable bonds is 4. The van der Waals surface area contributed by atoms with Gasteiger partial charge in [-0.1, -0.05) is 48.2 Å². The Labute approximate surface area is 177 Å². The molecular formula is C22H20FN3OS2. The first-order valence-electron chi connectivity index (χ1n) is 9.19. The van der Waals surface area contributed by atoms with Gasteiger partial charge in [0.15, 0.2) is 5.17 Å². The summed E-state index contributed by atoms with van der Waals surface area (Å²) in [4.78, 5) is 18.8. The van der Waals surface area contributed by atoms with Crippen molar-refractivity contribution in [3.8, 4) is 10.4 Å². The minimum Gasteiger partial charge on any atom is -0.379 e. The molecule has 0 saturated heterocycles. The van der Waals surface area contributed by atoms with Crippen LogP contribution in [0.5, 0.6) is 0 Å². The number of halogens is 1. The highest BCUT2D eigenvalue weighted by molar-refractivity contribution is 8.13. The Kier molecular flexibility index (Phi) is 5.43. The third-order valence-electron chi connectivity index (χ3n) is 4.92. The first-order chi connectivity index (χ1) is 13.9. The van der Waals surface area contributed by atoms with Crippen molar-refractivity contribution in [3.05, 3.63) is 76.9 Å². The lowest BCUT2D eigenvalue weighted by Gasteiger charge is -2.30. The lowest BCUT2D eigenvalue weighted by Crippen LogP contribution is -2.29. The highest BCUT2D eigenvalue weighted by Gasteiger charge is 2.30. The highest BCUT2D eigenvalue weighted by Crippen LogP contribution is 2.36. The number of nitrogens with zero attached hydrogens (tertiary/aromatic N) is 1. The van der Waals surface area contributed by atoms with Crippen molar-refractivity contribution in [3.63, 3.8) is 0 Å². The van der Waals surface area contributed by atoms with E-state index >= 15 is 0 Å². The standard InChI is InChI=1S/C22H20FN3OS2/c1-22(11-12-28-21(24)26-22)15-7-8-16(23)17(13-15)25-20(27)19-10-9-18(29-19)14-5-3-2-4-6-14/h2-10,13H,11-12H2,1H3,(H2,24,26)(H,25,27). The zero-order valence-corrected chi connectivity index (χ0v) is 17.4. The lowest BCUT2D eigenvalue weighted by molar-refractivity contribution is 0.103. The van der Waals surface area contributed by atoms with Gasteiger partial charge in [-0.2, -0.15) is 0 Å². The van der Waals surface area contributed by atoms with Crippen molar-refractivity contribution in [1.29, 1.82) is 0 Å². The van der Waals surface area contributed by atoms with E-state index in [1.165, 1.54) is 29.2 Å². The van der Waals surface area contributed by atoms with Crippen molar-refractivity contribution in [2.75, 3.05) is 11.1 Å². The molecule has 0 saturated carbocycles. The van der Waals surface area contributed by atoms with Crippen molar-refractivity contribution in [2.45, 2.75) is 18.9 Å². The molecule has 1 amide bonds. The van der Waals surface area contributed by atoms with Crippen LogP contribution in [0.2, 0.25) is 0 Å². The minimum atomic E-state index is -0.522. The number of hydrogen-bond acceptors (Lipinski definition) is 5.